The Balaban J connectivity index is 1.42. The van der Waals surface area contributed by atoms with E-state index in [0.29, 0.717) is 42.1 Å². The van der Waals surface area contributed by atoms with Gasteiger partial charge in [-0.1, -0.05) is 18.2 Å². The Bertz CT molecular complexity index is 1020. The molecule has 2 heterocycles. The van der Waals surface area contributed by atoms with Crippen molar-refractivity contribution in [2.75, 3.05) is 32.1 Å². The number of amides is 3. The molecular formula is C25H29N3O5. The second-order valence-electron chi connectivity index (χ2n) is 8.27. The molecule has 0 saturated carbocycles. The zero-order valence-corrected chi connectivity index (χ0v) is 18.7. The van der Waals surface area contributed by atoms with E-state index in [1.54, 1.807) is 53.4 Å². The van der Waals surface area contributed by atoms with Crippen LogP contribution in [0.3, 0.4) is 0 Å². The van der Waals surface area contributed by atoms with Gasteiger partial charge in [-0.05, 0) is 56.0 Å². The van der Waals surface area contributed by atoms with Crippen molar-refractivity contribution in [3.8, 4) is 5.75 Å². The lowest BCUT2D eigenvalue weighted by Gasteiger charge is -2.25. The second kappa shape index (κ2) is 10.5. The minimum Gasteiger partial charge on any atom is -0.496 e. The average molecular weight is 452 g/mol. The fourth-order valence-corrected chi connectivity index (χ4v) is 4.35. The molecule has 0 aromatic heterocycles. The molecule has 2 unspecified atom stereocenters. The molecule has 2 aromatic rings. The summed E-state index contributed by atoms with van der Waals surface area (Å²) < 4.78 is 10.8. The summed E-state index contributed by atoms with van der Waals surface area (Å²) in [7, 11) is 1.51. The van der Waals surface area contributed by atoms with Crippen molar-refractivity contribution in [3.63, 3.8) is 0 Å². The van der Waals surface area contributed by atoms with Crippen LogP contribution in [0.1, 0.15) is 46.4 Å². The summed E-state index contributed by atoms with van der Waals surface area (Å²) in [6, 6.07) is 13.2. The fourth-order valence-electron chi connectivity index (χ4n) is 4.35. The summed E-state index contributed by atoms with van der Waals surface area (Å²) in [5.74, 6) is -0.226. The van der Waals surface area contributed by atoms with E-state index in [9.17, 15) is 14.4 Å². The maximum atomic E-state index is 13.2. The number of rotatable bonds is 7. The van der Waals surface area contributed by atoms with Crippen LogP contribution < -0.4 is 15.4 Å². The van der Waals surface area contributed by atoms with Crippen molar-refractivity contribution in [1.29, 1.82) is 0 Å². The van der Waals surface area contributed by atoms with E-state index in [1.165, 1.54) is 7.11 Å². The Morgan fingerprint density at radius 1 is 1.09 bits per heavy atom. The van der Waals surface area contributed by atoms with Gasteiger partial charge >= 0.3 is 0 Å². The summed E-state index contributed by atoms with van der Waals surface area (Å²) in [6.07, 6.45) is 3.42. The molecule has 33 heavy (non-hydrogen) atoms. The molecule has 8 nitrogen and oxygen atoms in total. The Morgan fingerprint density at radius 2 is 1.94 bits per heavy atom. The highest BCUT2D eigenvalue weighted by Gasteiger charge is 2.35. The van der Waals surface area contributed by atoms with Crippen molar-refractivity contribution in [2.24, 2.45) is 0 Å². The van der Waals surface area contributed by atoms with Gasteiger partial charge in [0.2, 0.25) is 5.91 Å². The molecule has 2 saturated heterocycles. The number of carbonyl (C=O) groups excluding carboxylic acids is 3. The Labute approximate surface area is 193 Å². The lowest BCUT2D eigenvalue weighted by molar-refractivity contribution is -0.125. The van der Waals surface area contributed by atoms with E-state index in [2.05, 4.69) is 10.6 Å². The number of anilines is 1. The molecule has 0 aliphatic carbocycles. The lowest BCUT2D eigenvalue weighted by Crippen LogP contribution is -2.47. The highest BCUT2D eigenvalue weighted by atomic mass is 16.5. The molecule has 174 valence electrons. The standard InChI is InChI=1S/C25H29N3O5/c1-32-22-12-3-2-10-20(22)23(29)27-18-8-4-7-17(15-18)25(31)28-13-5-11-21(28)24(30)26-16-19-9-6-14-33-19/h2-4,7-8,10,12,15,19,21H,5-6,9,11,13-14,16H2,1H3,(H,26,30)(H,27,29). The number of para-hydroxylation sites is 1. The molecule has 0 bridgehead atoms. The monoisotopic (exact) mass is 451 g/mol. The van der Waals surface area contributed by atoms with Gasteiger partial charge in [-0.3, -0.25) is 14.4 Å². The highest BCUT2D eigenvalue weighted by Crippen LogP contribution is 2.23. The summed E-state index contributed by atoms with van der Waals surface area (Å²) in [5, 5.41) is 5.76. The predicted molar refractivity (Wildman–Crippen MR) is 123 cm³/mol. The number of hydrogen-bond acceptors (Lipinski definition) is 5. The van der Waals surface area contributed by atoms with Gasteiger partial charge in [-0.15, -0.1) is 0 Å². The third-order valence-corrected chi connectivity index (χ3v) is 6.06. The van der Waals surface area contributed by atoms with Gasteiger partial charge in [0, 0.05) is 30.9 Å². The molecule has 0 radical (unpaired) electrons. The van der Waals surface area contributed by atoms with Crippen LogP contribution in [0, 0.1) is 0 Å². The van der Waals surface area contributed by atoms with Crippen LogP contribution in [0.15, 0.2) is 48.5 Å². The van der Waals surface area contributed by atoms with Gasteiger partial charge in [-0.2, -0.15) is 0 Å². The van der Waals surface area contributed by atoms with Crippen molar-refractivity contribution < 1.29 is 23.9 Å². The molecule has 2 aliphatic heterocycles. The van der Waals surface area contributed by atoms with E-state index in [4.69, 9.17) is 9.47 Å². The molecule has 2 atom stereocenters. The van der Waals surface area contributed by atoms with E-state index in [-0.39, 0.29) is 23.8 Å². The number of ether oxygens (including phenoxy) is 2. The topological polar surface area (TPSA) is 97.0 Å². The van der Waals surface area contributed by atoms with Crippen molar-refractivity contribution in [1.82, 2.24) is 10.2 Å². The summed E-state index contributed by atoms with van der Waals surface area (Å²) in [4.78, 5) is 40.3. The van der Waals surface area contributed by atoms with Crippen molar-refractivity contribution >= 4 is 23.4 Å². The quantitative estimate of drug-likeness (QED) is 0.675. The maximum absolute atomic E-state index is 13.2. The summed E-state index contributed by atoms with van der Waals surface area (Å²) in [6.45, 7) is 1.73. The molecule has 0 spiro atoms. The number of carbonyl (C=O) groups is 3. The molecule has 2 aromatic carbocycles. The smallest absolute Gasteiger partial charge is 0.259 e. The maximum Gasteiger partial charge on any atom is 0.259 e. The SMILES string of the molecule is COc1ccccc1C(=O)Nc1cccc(C(=O)N2CCCC2C(=O)NCC2CCCO2)c1. The summed E-state index contributed by atoms with van der Waals surface area (Å²) >= 11 is 0. The van der Waals surface area contributed by atoms with Crippen LogP contribution in [-0.2, 0) is 9.53 Å². The van der Waals surface area contributed by atoms with Crippen molar-refractivity contribution in [3.05, 3.63) is 59.7 Å². The number of benzene rings is 2. The zero-order valence-electron chi connectivity index (χ0n) is 18.7. The largest absolute Gasteiger partial charge is 0.496 e. The van der Waals surface area contributed by atoms with Crippen LogP contribution >= 0.6 is 0 Å². The highest BCUT2D eigenvalue weighted by molar-refractivity contribution is 6.07. The average Bonchev–Trinajstić information content (AvgIpc) is 3.54. The Morgan fingerprint density at radius 3 is 2.73 bits per heavy atom. The second-order valence-corrected chi connectivity index (χ2v) is 8.27. The number of likely N-dealkylation sites (tertiary alicyclic amines) is 1. The minimum atomic E-state index is -0.495. The first-order chi connectivity index (χ1) is 16.1. The van der Waals surface area contributed by atoms with Gasteiger partial charge in [0.1, 0.15) is 11.8 Å². The molecular weight excluding hydrogens is 422 g/mol. The predicted octanol–water partition coefficient (Wildman–Crippen LogP) is 2.85. The molecule has 4 rings (SSSR count). The first-order valence-electron chi connectivity index (χ1n) is 11.3. The minimum absolute atomic E-state index is 0.0584. The number of nitrogens with one attached hydrogen (secondary N) is 2. The third-order valence-electron chi connectivity index (χ3n) is 6.06. The third kappa shape index (κ3) is 5.34. The van der Waals surface area contributed by atoms with E-state index >= 15 is 0 Å². The van der Waals surface area contributed by atoms with Gasteiger partial charge in [0.15, 0.2) is 0 Å². The van der Waals surface area contributed by atoms with Crippen LogP contribution in [0.5, 0.6) is 5.75 Å². The lowest BCUT2D eigenvalue weighted by atomic mass is 10.1. The number of methoxy groups -OCH3 is 1. The van der Waals surface area contributed by atoms with Crippen LogP contribution in [-0.4, -0.2) is 61.6 Å². The van der Waals surface area contributed by atoms with E-state index < -0.39 is 6.04 Å². The van der Waals surface area contributed by atoms with Crippen LogP contribution in [0.4, 0.5) is 5.69 Å². The van der Waals surface area contributed by atoms with Gasteiger partial charge in [0.05, 0.1) is 18.8 Å². The van der Waals surface area contributed by atoms with E-state index in [1.807, 2.05) is 0 Å². The van der Waals surface area contributed by atoms with Crippen LogP contribution in [0.2, 0.25) is 0 Å². The molecule has 2 N–H and O–H groups in total. The Kier molecular flexibility index (Phi) is 7.24. The van der Waals surface area contributed by atoms with Gasteiger partial charge in [0.25, 0.3) is 11.8 Å². The van der Waals surface area contributed by atoms with Crippen molar-refractivity contribution in [2.45, 2.75) is 37.8 Å². The van der Waals surface area contributed by atoms with E-state index in [0.717, 1.165) is 25.9 Å². The zero-order chi connectivity index (χ0) is 23.2. The first kappa shape index (κ1) is 22.8. The normalized spacial score (nSPS) is 19.8. The molecule has 2 fully saturated rings. The fraction of sp³-hybridized carbons (Fsp3) is 0.400. The first-order valence-corrected chi connectivity index (χ1v) is 11.3. The van der Waals surface area contributed by atoms with Gasteiger partial charge < -0.3 is 25.0 Å². The van der Waals surface area contributed by atoms with Crippen LogP contribution in [0.25, 0.3) is 0 Å². The van der Waals surface area contributed by atoms with Gasteiger partial charge in [-0.25, -0.2) is 0 Å². The Hall–Kier alpha value is -3.39. The number of nitrogens with zero attached hydrogens (tertiary/aromatic N) is 1. The number of hydrogen-bond donors (Lipinski definition) is 2. The molecule has 3 amide bonds. The molecule has 8 heteroatoms. The molecule has 2 aliphatic rings. The summed E-state index contributed by atoms with van der Waals surface area (Å²) in [5.41, 5.74) is 1.32.